The first-order valence-corrected chi connectivity index (χ1v) is 12.7. The Kier molecular flexibility index (Phi) is 11.6. The molecule has 197 valence electrons. The maximum Gasteiger partial charge on any atom is 0.159 e. The zero-order valence-corrected chi connectivity index (χ0v) is 25.0. The van der Waals surface area contributed by atoms with E-state index in [-0.39, 0.29) is 31.6 Å². The second-order valence-electron chi connectivity index (χ2n) is 10.4. The van der Waals surface area contributed by atoms with E-state index in [4.69, 9.17) is 4.98 Å². The van der Waals surface area contributed by atoms with E-state index in [2.05, 4.69) is 55.2 Å². The van der Waals surface area contributed by atoms with Crippen LogP contribution in [0, 0.1) is 17.9 Å². The Morgan fingerprint density at radius 2 is 1.65 bits per heavy atom. The molecule has 3 aromatic carbocycles. The van der Waals surface area contributed by atoms with Crippen LogP contribution in [0.25, 0.3) is 33.1 Å². The minimum absolute atomic E-state index is 0. The van der Waals surface area contributed by atoms with E-state index in [1.54, 1.807) is 0 Å². The van der Waals surface area contributed by atoms with E-state index in [0.29, 0.717) is 30.6 Å². The quantitative estimate of drug-likeness (QED) is 0.0926. The van der Waals surface area contributed by atoms with E-state index in [0.717, 1.165) is 22.3 Å². The normalized spacial score (nSPS) is 11.5. The molecule has 0 aliphatic heterocycles. The first-order chi connectivity index (χ1) is 17.2. The summed E-state index contributed by atoms with van der Waals surface area (Å²) in [5, 5.41) is 12.9. The molecule has 0 unspecified atom stereocenters. The van der Waals surface area contributed by atoms with Gasteiger partial charge in [-0.3, -0.25) is 14.8 Å². The third-order valence-corrected chi connectivity index (χ3v) is 5.77. The van der Waals surface area contributed by atoms with Crippen LogP contribution in [0.5, 0.6) is 0 Å². The summed E-state index contributed by atoms with van der Waals surface area (Å²) in [6, 6.07) is 21.8. The van der Waals surface area contributed by atoms with Crippen LogP contribution < -0.4 is 0 Å². The Bertz CT molecular complexity index is 1350. The Balaban J connectivity index is 0.000000299. The van der Waals surface area contributed by atoms with Gasteiger partial charge in [-0.05, 0) is 28.7 Å². The molecule has 37 heavy (non-hydrogen) atoms. The van der Waals surface area contributed by atoms with E-state index in [1.807, 2.05) is 58.2 Å². The first kappa shape index (κ1) is 30.3. The minimum Gasteiger partial charge on any atom is -0.512 e. The van der Waals surface area contributed by atoms with Gasteiger partial charge in [0.05, 0.1) is 17.1 Å². The molecule has 0 aliphatic carbocycles. The number of aliphatic hydroxyl groups excluding tert-OH is 1. The summed E-state index contributed by atoms with van der Waals surface area (Å²) >= 11 is 0. The fourth-order valence-corrected chi connectivity index (χ4v) is 4.17. The number of nitrogens with zero attached hydrogens (tertiary/aromatic N) is 2. The van der Waals surface area contributed by atoms with Crippen LogP contribution in [-0.4, -0.2) is 20.9 Å². The molecule has 0 fully saturated rings. The molecule has 4 rings (SSSR count). The van der Waals surface area contributed by atoms with Gasteiger partial charge in [-0.25, -0.2) is 0 Å². The van der Waals surface area contributed by atoms with Crippen molar-refractivity contribution in [1.29, 1.82) is 0 Å². The monoisotopic (exact) mass is 674 g/mol. The van der Waals surface area contributed by atoms with Crippen molar-refractivity contribution in [2.24, 2.45) is 11.8 Å². The summed E-state index contributed by atoms with van der Waals surface area (Å²) < 4.78 is 0. The number of carbonyl (C=O) groups is 1. The third kappa shape index (κ3) is 8.59. The van der Waals surface area contributed by atoms with Crippen LogP contribution in [0.2, 0.25) is 0 Å². The molecule has 1 radical (unpaired) electrons. The Morgan fingerprint density at radius 1 is 0.919 bits per heavy atom. The van der Waals surface area contributed by atoms with Gasteiger partial charge in [-0.1, -0.05) is 71.9 Å². The van der Waals surface area contributed by atoms with Gasteiger partial charge in [-0.2, -0.15) is 0 Å². The number of rotatable bonds is 7. The summed E-state index contributed by atoms with van der Waals surface area (Å²) in [5.74, 6) is 2.19. The predicted octanol–water partition coefficient (Wildman–Crippen LogP) is 8.46. The number of fused-ring (bicyclic) bond motifs is 3. The fourth-order valence-electron chi connectivity index (χ4n) is 4.17. The van der Waals surface area contributed by atoms with Gasteiger partial charge in [0, 0.05) is 56.0 Å². The van der Waals surface area contributed by atoms with Crippen LogP contribution in [0.1, 0.15) is 65.9 Å². The maximum absolute atomic E-state index is 11.2. The van der Waals surface area contributed by atoms with Crippen molar-refractivity contribution in [3.05, 3.63) is 84.3 Å². The summed E-state index contributed by atoms with van der Waals surface area (Å²) in [4.78, 5) is 20.5. The van der Waals surface area contributed by atoms with Gasteiger partial charge in [0.1, 0.15) is 0 Å². The topological polar surface area (TPSA) is 63.1 Å². The van der Waals surface area contributed by atoms with Crippen molar-refractivity contribution in [1.82, 2.24) is 9.97 Å². The molecule has 4 aromatic rings. The molecule has 1 aromatic heterocycles. The number of hydrogen-bond donors (Lipinski definition) is 1. The average molecular weight is 674 g/mol. The van der Waals surface area contributed by atoms with Gasteiger partial charge in [0.2, 0.25) is 0 Å². The first-order valence-electron chi connectivity index (χ1n) is 12.7. The fraction of sp³-hybridized carbons (Fsp3) is 0.344. The molecule has 0 saturated heterocycles. The zero-order chi connectivity index (χ0) is 26.2. The SMILES string of the molecule is CC(C)CC(=O)/C=C(\O)CC(C)C.CC(C)c1cccc2c1ccc1cnc(-c3[c-]cccc3)nc12.[Ir]. The van der Waals surface area contributed by atoms with E-state index >= 15 is 0 Å². The van der Waals surface area contributed by atoms with Crippen molar-refractivity contribution in [3.8, 4) is 11.4 Å². The maximum atomic E-state index is 11.2. The number of benzene rings is 3. The van der Waals surface area contributed by atoms with Crippen LogP contribution in [0.4, 0.5) is 0 Å². The van der Waals surface area contributed by atoms with Gasteiger partial charge in [-0.15, -0.1) is 35.9 Å². The van der Waals surface area contributed by atoms with Crippen molar-refractivity contribution < 1.29 is 30.0 Å². The number of ketones is 1. The molecule has 1 N–H and O–H groups in total. The smallest absolute Gasteiger partial charge is 0.159 e. The summed E-state index contributed by atoms with van der Waals surface area (Å²) in [5.41, 5.74) is 3.29. The predicted molar refractivity (Wildman–Crippen MR) is 150 cm³/mol. The number of aliphatic hydroxyl groups is 1. The molecule has 0 amide bonds. The van der Waals surface area contributed by atoms with Gasteiger partial charge in [0.15, 0.2) is 5.78 Å². The van der Waals surface area contributed by atoms with Crippen molar-refractivity contribution >= 4 is 27.5 Å². The van der Waals surface area contributed by atoms with Crippen molar-refractivity contribution in [3.63, 3.8) is 0 Å². The van der Waals surface area contributed by atoms with Crippen LogP contribution in [0.3, 0.4) is 0 Å². The zero-order valence-electron chi connectivity index (χ0n) is 22.6. The molecule has 0 atom stereocenters. The summed E-state index contributed by atoms with van der Waals surface area (Å²) in [6.45, 7) is 12.5. The van der Waals surface area contributed by atoms with Crippen molar-refractivity contribution in [2.75, 3.05) is 0 Å². The molecule has 0 saturated carbocycles. The second kappa shape index (κ2) is 14.2. The molecule has 1 heterocycles. The Morgan fingerprint density at radius 3 is 2.27 bits per heavy atom. The average Bonchev–Trinajstić information content (AvgIpc) is 2.83. The summed E-state index contributed by atoms with van der Waals surface area (Å²) in [7, 11) is 0. The number of carbonyl (C=O) groups excluding carboxylic acids is 1. The molecule has 0 bridgehead atoms. The Hall–Kier alpha value is -2.88. The summed E-state index contributed by atoms with van der Waals surface area (Å²) in [6.07, 6.45) is 4.37. The molecule has 0 aliphatic rings. The van der Waals surface area contributed by atoms with Crippen LogP contribution >= 0.6 is 0 Å². The number of hydrogen-bond acceptors (Lipinski definition) is 4. The molecular formula is C32H37IrN2O2-. The largest absolute Gasteiger partial charge is 0.512 e. The molecule has 0 spiro atoms. The second-order valence-corrected chi connectivity index (χ2v) is 10.4. The molecule has 5 heteroatoms. The van der Waals surface area contributed by atoms with E-state index in [1.165, 1.54) is 22.4 Å². The standard InChI is InChI=1S/C21H17N2.C11H20O2.Ir/c1-14(2)17-9-6-10-19-18(17)12-11-16-13-22-21(23-20(16)19)15-7-4-3-5-8-15;1-8(2)5-10(12)7-11(13)6-9(3)4;/h3-7,9-14H,1-2H3;7-9,12H,5-6H2,1-4H3;/q-1;;/b;10-7-;. The van der Waals surface area contributed by atoms with Crippen molar-refractivity contribution in [2.45, 2.75) is 60.3 Å². The molecule has 4 nitrogen and oxygen atoms in total. The minimum atomic E-state index is 0. The molecular weight excluding hydrogens is 637 g/mol. The van der Waals surface area contributed by atoms with E-state index in [9.17, 15) is 9.90 Å². The van der Waals surface area contributed by atoms with Gasteiger partial charge >= 0.3 is 0 Å². The number of aromatic nitrogens is 2. The van der Waals surface area contributed by atoms with Gasteiger partial charge < -0.3 is 5.11 Å². The van der Waals surface area contributed by atoms with Crippen LogP contribution in [-0.2, 0) is 24.9 Å². The van der Waals surface area contributed by atoms with E-state index < -0.39 is 0 Å². The van der Waals surface area contributed by atoms with Gasteiger partial charge in [0.25, 0.3) is 0 Å². The third-order valence-electron chi connectivity index (χ3n) is 5.77. The van der Waals surface area contributed by atoms with Crippen LogP contribution in [0.15, 0.2) is 72.6 Å². The number of allylic oxidation sites excluding steroid dienone is 2. The Labute approximate surface area is 234 Å².